The van der Waals surface area contributed by atoms with Gasteiger partial charge in [0.05, 0.1) is 0 Å². The molecule has 1 atom stereocenters. The van der Waals surface area contributed by atoms with Crippen molar-refractivity contribution >= 4 is 11.6 Å². The first-order chi connectivity index (χ1) is 9.58. The predicted molar refractivity (Wildman–Crippen MR) is 83.4 cm³/mol. The van der Waals surface area contributed by atoms with Gasteiger partial charge in [-0.3, -0.25) is 9.69 Å². The summed E-state index contributed by atoms with van der Waals surface area (Å²) in [7, 11) is 3.96. The SMILES string of the molecule is C[C@H](CNC(=O)c1cccc(N(C)C)c1)N1CCCC1. The van der Waals surface area contributed by atoms with Crippen molar-refractivity contribution in [3.05, 3.63) is 29.8 Å². The minimum atomic E-state index is 0.0137. The van der Waals surface area contributed by atoms with Crippen LogP contribution in [0.5, 0.6) is 0 Å². The van der Waals surface area contributed by atoms with Crippen LogP contribution < -0.4 is 10.2 Å². The van der Waals surface area contributed by atoms with E-state index in [0.717, 1.165) is 24.3 Å². The summed E-state index contributed by atoms with van der Waals surface area (Å²) >= 11 is 0. The third-order valence-electron chi connectivity index (χ3n) is 3.95. The van der Waals surface area contributed by atoms with E-state index in [1.165, 1.54) is 12.8 Å². The molecule has 1 saturated heterocycles. The third kappa shape index (κ3) is 3.73. The van der Waals surface area contributed by atoms with E-state index >= 15 is 0 Å². The van der Waals surface area contributed by atoms with Crippen molar-refractivity contribution in [1.82, 2.24) is 10.2 Å². The van der Waals surface area contributed by atoms with E-state index in [9.17, 15) is 4.79 Å². The molecular formula is C16H25N3O. The summed E-state index contributed by atoms with van der Waals surface area (Å²) in [6.07, 6.45) is 2.56. The van der Waals surface area contributed by atoms with Gasteiger partial charge in [0.15, 0.2) is 0 Å². The molecule has 0 unspecified atom stereocenters. The number of amides is 1. The molecule has 0 saturated carbocycles. The number of likely N-dealkylation sites (tertiary alicyclic amines) is 1. The first-order valence-electron chi connectivity index (χ1n) is 7.37. The smallest absolute Gasteiger partial charge is 0.251 e. The summed E-state index contributed by atoms with van der Waals surface area (Å²) in [6, 6.07) is 8.13. The number of carbonyl (C=O) groups excluding carboxylic acids is 1. The van der Waals surface area contributed by atoms with E-state index in [4.69, 9.17) is 0 Å². The zero-order valence-corrected chi connectivity index (χ0v) is 12.7. The van der Waals surface area contributed by atoms with Crippen molar-refractivity contribution in [2.75, 3.05) is 38.6 Å². The van der Waals surface area contributed by atoms with Gasteiger partial charge in [-0.15, -0.1) is 0 Å². The molecule has 4 heteroatoms. The van der Waals surface area contributed by atoms with E-state index in [1.54, 1.807) is 0 Å². The second-order valence-electron chi connectivity index (χ2n) is 5.75. The van der Waals surface area contributed by atoms with Gasteiger partial charge in [0, 0.05) is 37.9 Å². The first-order valence-corrected chi connectivity index (χ1v) is 7.37. The Hall–Kier alpha value is -1.55. The normalized spacial score (nSPS) is 16.9. The molecule has 4 nitrogen and oxygen atoms in total. The highest BCUT2D eigenvalue weighted by atomic mass is 16.1. The van der Waals surface area contributed by atoms with Gasteiger partial charge in [-0.1, -0.05) is 6.07 Å². The van der Waals surface area contributed by atoms with E-state index in [-0.39, 0.29) is 5.91 Å². The largest absolute Gasteiger partial charge is 0.378 e. The lowest BCUT2D eigenvalue weighted by atomic mass is 10.1. The fourth-order valence-corrected chi connectivity index (χ4v) is 2.58. The average Bonchev–Trinajstić information content (AvgIpc) is 2.98. The molecule has 0 spiro atoms. The van der Waals surface area contributed by atoms with Gasteiger partial charge in [-0.25, -0.2) is 0 Å². The van der Waals surface area contributed by atoms with Gasteiger partial charge < -0.3 is 10.2 Å². The van der Waals surface area contributed by atoms with Crippen molar-refractivity contribution in [3.8, 4) is 0 Å². The van der Waals surface area contributed by atoms with Gasteiger partial charge in [0.2, 0.25) is 0 Å². The molecule has 1 aliphatic heterocycles. The summed E-state index contributed by atoms with van der Waals surface area (Å²) in [5.41, 5.74) is 1.77. The molecule has 1 aromatic carbocycles. The number of nitrogens with one attached hydrogen (secondary N) is 1. The average molecular weight is 275 g/mol. The topological polar surface area (TPSA) is 35.6 Å². The first kappa shape index (κ1) is 14.9. The maximum Gasteiger partial charge on any atom is 0.251 e. The van der Waals surface area contributed by atoms with Crippen LogP contribution in [0.1, 0.15) is 30.1 Å². The van der Waals surface area contributed by atoms with E-state index < -0.39 is 0 Å². The molecule has 1 aliphatic rings. The predicted octanol–water partition coefficient (Wildman–Crippen LogP) is 1.97. The molecule has 110 valence electrons. The van der Waals surface area contributed by atoms with Crippen LogP contribution in [0.2, 0.25) is 0 Å². The number of anilines is 1. The molecule has 1 fully saturated rings. The summed E-state index contributed by atoms with van der Waals surface area (Å²) in [5.74, 6) is 0.0137. The molecule has 1 heterocycles. The lowest BCUT2D eigenvalue weighted by Gasteiger charge is -2.24. The fourth-order valence-electron chi connectivity index (χ4n) is 2.58. The molecule has 20 heavy (non-hydrogen) atoms. The van der Waals surface area contributed by atoms with Crippen LogP contribution in [0.4, 0.5) is 5.69 Å². The van der Waals surface area contributed by atoms with Crippen molar-refractivity contribution < 1.29 is 4.79 Å². The van der Waals surface area contributed by atoms with Crippen LogP contribution in [-0.2, 0) is 0 Å². The monoisotopic (exact) mass is 275 g/mol. The molecule has 0 radical (unpaired) electrons. The number of rotatable bonds is 5. The van der Waals surface area contributed by atoms with Crippen LogP contribution in [0.25, 0.3) is 0 Å². The number of hydrogen-bond donors (Lipinski definition) is 1. The number of hydrogen-bond acceptors (Lipinski definition) is 3. The number of nitrogens with zero attached hydrogens (tertiary/aromatic N) is 2. The minimum absolute atomic E-state index is 0.0137. The molecule has 1 aromatic rings. The molecular weight excluding hydrogens is 250 g/mol. The van der Waals surface area contributed by atoms with E-state index in [2.05, 4.69) is 17.1 Å². The lowest BCUT2D eigenvalue weighted by Crippen LogP contribution is -2.40. The summed E-state index contributed by atoms with van der Waals surface area (Å²) in [5, 5.41) is 3.04. The Labute approximate surface area is 121 Å². The third-order valence-corrected chi connectivity index (χ3v) is 3.95. The summed E-state index contributed by atoms with van der Waals surface area (Å²) in [6.45, 7) is 5.22. The van der Waals surface area contributed by atoms with Crippen molar-refractivity contribution in [2.45, 2.75) is 25.8 Å². The maximum absolute atomic E-state index is 12.2. The van der Waals surface area contributed by atoms with Crippen LogP contribution in [-0.4, -0.2) is 50.6 Å². The van der Waals surface area contributed by atoms with Crippen LogP contribution in [0.3, 0.4) is 0 Å². The van der Waals surface area contributed by atoms with Gasteiger partial charge in [0.1, 0.15) is 0 Å². The Kier molecular flexibility index (Phi) is 5.01. The molecule has 0 bridgehead atoms. The van der Waals surface area contributed by atoms with Gasteiger partial charge >= 0.3 is 0 Å². The molecule has 2 rings (SSSR count). The number of benzene rings is 1. The summed E-state index contributed by atoms with van der Waals surface area (Å²) in [4.78, 5) is 16.6. The lowest BCUT2D eigenvalue weighted by molar-refractivity contribution is 0.0940. The second kappa shape index (κ2) is 6.75. The zero-order chi connectivity index (χ0) is 14.5. The highest BCUT2D eigenvalue weighted by Gasteiger charge is 2.18. The molecule has 1 N–H and O–H groups in total. The Morgan fingerprint density at radius 3 is 2.70 bits per heavy atom. The Bertz CT molecular complexity index is 453. The van der Waals surface area contributed by atoms with Crippen LogP contribution >= 0.6 is 0 Å². The van der Waals surface area contributed by atoms with Gasteiger partial charge in [0.25, 0.3) is 5.91 Å². The van der Waals surface area contributed by atoms with E-state index in [0.29, 0.717) is 12.6 Å². The van der Waals surface area contributed by atoms with E-state index in [1.807, 2.05) is 43.3 Å². The van der Waals surface area contributed by atoms with Gasteiger partial charge in [-0.05, 0) is 51.1 Å². The van der Waals surface area contributed by atoms with Crippen molar-refractivity contribution in [2.24, 2.45) is 0 Å². The highest BCUT2D eigenvalue weighted by molar-refractivity contribution is 5.95. The molecule has 0 aliphatic carbocycles. The standard InChI is InChI=1S/C16H25N3O/c1-13(19-9-4-5-10-19)12-17-16(20)14-7-6-8-15(11-14)18(2)3/h6-8,11,13H,4-5,9-10,12H2,1-3H3,(H,17,20)/t13-/m1/s1. The maximum atomic E-state index is 12.2. The van der Waals surface area contributed by atoms with Crippen molar-refractivity contribution in [1.29, 1.82) is 0 Å². The molecule has 1 amide bonds. The van der Waals surface area contributed by atoms with Crippen molar-refractivity contribution in [3.63, 3.8) is 0 Å². The quantitative estimate of drug-likeness (QED) is 0.892. The zero-order valence-electron chi connectivity index (χ0n) is 12.7. The Balaban J connectivity index is 1.89. The minimum Gasteiger partial charge on any atom is -0.378 e. The fraction of sp³-hybridized carbons (Fsp3) is 0.562. The summed E-state index contributed by atoms with van der Waals surface area (Å²) < 4.78 is 0. The van der Waals surface area contributed by atoms with Crippen LogP contribution in [0.15, 0.2) is 24.3 Å². The Morgan fingerprint density at radius 2 is 2.05 bits per heavy atom. The second-order valence-corrected chi connectivity index (χ2v) is 5.75. The highest BCUT2D eigenvalue weighted by Crippen LogP contribution is 2.14. The van der Waals surface area contributed by atoms with Crippen LogP contribution in [0, 0.1) is 0 Å². The Morgan fingerprint density at radius 1 is 1.35 bits per heavy atom. The number of carbonyl (C=O) groups is 1. The molecule has 0 aromatic heterocycles. The van der Waals surface area contributed by atoms with Gasteiger partial charge in [-0.2, -0.15) is 0 Å².